The van der Waals surface area contributed by atoms with Crippen molar-refractivity contribution < 1.29 is 9.90 Å². The van der Waals surface area contributed by atoms with Crippen molar-refractivity contribution in [2.24, 2.45) is 17.0 Å². The van der Waals surface area contributed by atoms with Crippen molar-refractivity contribution in [3.8, 4) is 0 Å². The minimum Gasteiger partial charge on any atom is -0.481 e. The van der Waals surface area contributed by atoms with Gasteiger partial charge in [0.1, 0.15) is 0 Å². The van der Waals surface area contributed by atoms with Gasteiger partial charge in [0.25, 0.3) is 0 Å². The molecule has 2 atom stereocenters. The summed E-state index contributed by atoms with van der Waals surface area (Å²) in [6, 6.07) is 0. The Labute approximate surface area is 198 Å². The summed E-state index contributed by atoms with van der Waals surface area (Å²) in [5, 5.41) is 15.5. The van der Waals surface area contributed by atoms with Gasteiger partial charge in [0, 0.05) is 4.75 Å². The van der Waals surface area contributed by atoms with Gasteiger partial charge in [-0.05, 0) is 24.7 Å². The zero-order chi connectivity index (χ0) is 22.8. The molecule has 4 heteroatoms. The highest BCUT2D eigenvalue weighted by molar-refractivity contribution is 7.98. The largest absolute Gasteiger partial charge is 0.481 e. The van der Waals surface area contributed by atoms with E-state index in [1.807, 2.05) is 0 Å². The predicted octanol–water partition coefficient (Wildman–Crippen LogP) is 8.89. The summed E-state index contributed by atoms with van der Waals surface area (Å²) >= 11 is 1.34. The molecule has 0 amide bonds. The van der Waals surface area contributed by atoms with Crippen LogP contribution in [0.4, 0.5) is 0 Å². The summed E-state index contributed by atoms with van der Waals surface area (Å²) < 4.78 is -0.221. The number of carboxylic acids is 1. The van der Waals surface area contributed by atoms with Gasteiger partial charge >= 0.3 is 5.97 Å². The van der Waals surface area contributed by atoms with Gasteiger partial charge < -0.3 is 5.11 Å². The molecule has 0 unspecified atom stereocenters. The molecule has 0 aromatic rings. The molecule has 3 nitrogen and oxygen atoms in total. The highest BCUT2D eigenvalue weighted by Crippen LogP contribution is 2.51. The summed E-state index contributed by atoms with van der Waals surface area (Å²) in [6.45, 7) is 4.55. The van der Waals surface area contributed by atoms with E-state index in [0.29, 0.717) is 11.8 Å². The number of nitrogens with two attached hydrogens (primary N) is 1. The van der Waals surface area contributed by atoms with E-state index in [4.69, 9.17) is 5.14 Å². The summed E-state index contributed by atoms with van der Waals surface area (Å²) in [4.78, 5) is 11.5. The number of hydrogen-bond donors (Lipinski definition) is 2. The Morgan fingerprint density at radius 3 is 1.42 bits per heavy atom. The summed E-state index contributed by atoms with van der Waals surface area (Å²) in [5.41, 5.74) is 0. The first-order valence-electron chi connectivity index (χ1n) is 13.7. The molecule has 0 saturated heterocycles. The van der Waals surface area contributed by atoms with Gasteiger partial charge in [0.15, 0.2) is 0 Å². The first-order chi connectivity index (χ1) is 15.1. The highest BCUT2D eigenvalue weighted by Gasteiger charge is 2.45. The lowest BCUT2D eigenvalue weighted by Crippen LogP contribution is -2.27. The van der Waals surface area contributed by atoms with Gasteiger partial charge in [-0.1, -0.05) is 141 Å². The lowest BCUT2D eigenvalue weighted by molar-refractivity contribution is -0.137. The normalized spacial score (nSPS) is 20.4. The van der Waals surface area contributed by atoms with Crippen molar-refractivity contribution >= 4 is 17.9 Å². The molecular formula is C27H53NO2S. The predicted molar refractivity (Wildman–Crippen MR) is 137 cm³/mol. The molecule has 31 heavy (non-hydrogen) atoms. The molecule has 1 aliphatic rings. The minimum atomic E-state index is -0.684. The van der Waals surface area contributed by atoms with Gasteiger partial charge in [-0.2, -0.15) is 0 Å². The molecule has 0 heterocycles. The van der Waals surface area contributed by atoms with Crippen LogP contribution in [-0.4, -0.2) is 15.8 Å². The third-order valence-corrected chi connectivity index (χ3v) is 8.49. The second-order valence-corrected chi connectivity index (χ2v) is 11.4. The molecule has 1 saturated carbocycles. The van der Waals surface area contributed by atoms with Crippen LogP contribution in [0, 0.1) is 11.8 Å². The minimum absolute atomic E-state index is 0.221. The molecule has 1 rings (SSSR count). The molecule has 0 aromatic heterocycles. The Hall–Kier alpha value is -0.220. The molecule has 0 radical (unpaired) electrons. The molecule has 0 bridgehead atoms. The fourth-order valence-electron chi connectivity index (χ4n) is 5.69. The molecule has 0 aromatic carbocycles. The van der Waals surface area contributed by atoms with Crippen LogP contribution in [0.2, 0.25) is 0 Å². The molecular weight excluding hydrogens is 402 g/mol. The van der Waals surface area contributed by atoms with Crippen molar-refractivity contribution in [1.29, 1.82) is 0 Å². The second kappa shape index (κ2) is 18.2. The maximum absolute atomic E-state index is 11.5. The monoisotopic (exact) mass is 455 g/mol. The number of aliphatic carboxylic acids is 1. The molecule has 1 fully saturated rings. The molecule has 3 N–H and O–H groups in total. The average molecular weight is 456 g/mol. The Morgan fingerprint density at radius 1 is 0.742 bits per heavy atom. The van der Waals surface area contributed by atoms with Crippen LogP contribution in [0.25, 0.3) is 0 Å². The molecule has 1 aliphatic carbocycles. The quantitative estimate of drug-likeness (QED) is 0.134. The van der Waals surface area contributed by atoms with Gasteiger partial charge in [-0.3, -0.25) is 9.93 Å². The fraction of sp³-hybridized carbons (Fsp3) is 0.963. The third-order valence-electron chi connectivity index (χ3n) is 7.52. The third kappa shape index (κ3) is 13.2. The molecule has 184 valence electrons. The Balaban J connectivity index is 2.37. The van der Waals surface area contributed by atoms with Crippen LogP contribution in [0.15, 0.2) is 0 Å². The van der Waals surface area contributed by atoms with Crippen LogP contribution >= 0.6 is 11.9 Å². The Bertz CT molecular complexity index is 415. The Morgan fingerprint density at radius 2 is 1.10 bits per heavy atom. The van der Waals surface area contributed by atoms with E-state index in [-0.39, 0.29) is 11.2 Å². The van der Waals surface area contributed by atoms with Crippen molar-refractivity contribution in [3.05, 3.63) is 0 Å². The number of carboxylic acid groups (broad SMARTS) is 1. The number of carbonyl (C=O) groups is 1. The van der Waals surface area contributed by atoms with Crippen molar-refractivity contribution in [3.63, 3.8) is 0 Å². The van der Waals surface area contributed by atoms with E-state index < -0.39 is 5.97 Å². The van der Waals surface area contributed by atoms with Crippen LogP contribution in [0.3, 0.4) is 0 Å². The summed E-state index contributed by atoms with van der Waals surface area (Å²) in [6.07, 6.45) is 26.6. The number of rotatable bonds is 21. The molecule has 0 spiro atoms. The summed E-state index contributed by atoms with van der Waals surface area (Å²) in [5.74, 6) is 0.677. The zero-order valence-electron chi connectivity index (χ0n) is 20.8. The fourth-order valence-corrected chi connectivity index (χ4v) is 6.51. The first-order valence-corrected chi connectivity index (χ1v) is 14.5. The van der Waals surface area contributed by atoms with E-state index in [2.05, 4.69) is 13.8 Å². The van der Waals surface area contributed by atoms with Crippen molar-refractivity contribution in [2.75, 3.05) is 0 Å². The lowest BCUT2D eigenvalue weighted by Gasteiger charge is -2.24. The van der Waals surface area contributed by atoms with E-state index >= 15 is 0 Å². The van der Waals surface area contributed by atoms with Gasteiger partial charge in [0.2, 0.25) is 0 Å². The van der Waals surface area contributed by atoms with Crippen molar-refractivity contribution in [2.45, 2.75) is 153 Å². The highest BCUT2D eigenvalue weighted by atomic mass is 32.2. The number of unbranched alkanes of at least 4 members (excludes halogenated alkanes) is 14. The van der Waals surface area contributed by atoms with Crippen LogP contribution in [0.5, 0.6) is 0 Å². The van der Waals surface area contributed by atoms with Crippen LogP contribution in [0.1, 0.15) is 149 Å². The van der Waals surface area contributed by atoms with Crippen molar-refractivity contribution in [1.82, 2.24) is 0 Å². The second-order valence-electron chi connectivity index (χ2n) is 10.3. The SMILES string of the molecule is CCCCCCCCCC[C@H]1CC(CC(=O)O)(SN)C[C@@H]1CCCCCCCCCC. The van der Waals surface area contributed by atoms with E-state index in [1.54, 1.807) is 0 Å². The average Bonchev–Trinajstić information content (AvgIpc) is 3.09. The maximum atomic E-state index is 11.5. The van der Waals surface area contributed by atoms with E-state index in [1.165, 1.54) is 128 Å². The zero-order valence-corrected chi connectivity index (χ0v) is 21.7. The standard InChI is InChI=1S/C27H53NO2S/c1-3-5-7-9-11-13-15-17-19-24-21-27(31-28,23-26(29)30)22-25(24)20-18-16-14-12-10-8-6-4-2/h24-25H,3-23,28H2,1-2H3,(H,29,30)/t24-,25-/m0/s1. The molecule has 0 aliphatic heterocycles. The Kier molecular flexibility index (Phi) is 16.9. The van der Waals surface area contributed by atoms with Gasteiger partial charge in [-0.15, -0.1) is 0 Å². The van der Waals surface area contributed by atoms with Crippen LogP contribution in [-0.2, 0) is 4.79 Å². The summed E-state index contributed by atoms with van der Waals surface area (Å²) in [7, 11) is 0. The van der Waals surface area contributed by atoms with Crippen LogP contribution < -0.4 is 5.14 Å². The van der Waals surface area contributed by atoms with Gasteiger partial charge in [0.05, 0.1) is 6.42 Å². The smallest absolute Gasteiger partial charge is 0.304 e. The maximum Gasteiger partial charge on any atom is 0.304 e. The lowest BCUT2D eigenvalue weighted by atomic mass is 9.86. The topological polar surface area (TPSA) is 63.3 Å². The number of hydrogen-bond acceptors (Lipinski definition) is 3. The van der Waals surface area contributed by atoms with E-state index in [0.717, 1.165) is 12.8 Å². The van der Waals surface area contributed by atoms with Gasteiger partial charge in [-0.25, -0.2) is 0 Å². The van der Waals surface area contributed by atoms with E-state index in [9.17, 15) is 9.90 Å². The first kappa shape index (κ1) is 28.8.